The predicted octanol–water partition coefficient (Wildman–Crippen LogP) is 1.58. The Morgan fingerprint density at radius 3 is 2.38 bits per heavy atom. The van der Waals surface area contributed by atoms with Gasteiger partial charge in [-0.25, -0.2) is 4.98 Å². The fourth-order valence-corrected chi connectivity index (χ4v) is 1.04. The Morgan fingerprint density at radius 1 is 1.31 bits per heavy atom. The highest BCUT2D eigenvalue weighted by Gasteiger charge is 2.10. The Bertz CT molecular complexity index is 281. The molecule has 1 heterocycles. The number of nitrogen functional groups attached to an aromatic ring is 1. The Hall–Kier alpha value is -1.32. The molecule has 0 saturated heterocycles. The van der Waals surface area contributed by atoms with E-state index in [0.717, 1.165) is 11.5 Å². The average Bonchev–Trinajstić information content (AvgIpc) is 1.78. The molecule has 13 heavy (non-hydrogen) atoms. The maximum atomic E-state index is 5.52. The Morgan fingerprint density at radius 2 is 1.92 bits per heavy atom. The molecule has 0 aliphatic carbocycles. The first kappa shape index (κ1) is 9.77. The van der Waals surface area contributed by atoms with Crippen LogP contribution in [-0.4, -0.2) is 15.5 Å². The number of nitrogens with zero attached hydrogens (tertiary/aromatic N) is 2. The Labute approximate surface area is 78.6 Å². The molecule has 0 amide bonds. The lowest BCUT2D eigenvalue weighted by Gasteiger charge is -2.21. The van der Waals surface area contributed by atoms with Crippen molar-refractivity contribution in [3.63, 3.8) is 0 Å². The summed E-state index contributed by atoms with van der Waals surface area (Å²) in [5.74, 6) is 1.09. The van der Waals surface area contributed by atoms with Crippen molar-refractivity contribution < 1.29 is 0 Å². The van der Waals surface area contributed by atoms with Gasteiger partial charge in [-0.1, -0.05) is 0 Å². The second-order valence-corrected chi connectivity index (χ2v) is 4.13. The molecule has 0 radical (unpaired) electrons. The number of nitrogens with two attached hydrogens (primary N) is 1. The summed E-state index contributed by atoms with van der Waals surface area (Å²) in [4.78, 5) is 8.07. The fourth-order valence-electron chi connectivity index (χ4n) is 1.04. The van der Waals surface area contributed by atoms with Gasteiger partial charge in [-0.05, 0) is 27.7 Å². The largest absolute Gasteiger partial charge is 0.368 e. The van der Waals surface area contributed by atoms with E-state index in [-0.39, 0.29) is 5.54 Å². The van der Waals surface area contributed by atoms with E-state index < -0.39 is 0 Å². The normalized spacial score (nSPS) is 11.4. The molecule has 1 aromatic rings. The van der Waals surface area contributed by atoms with Crippen LogP contribution in [0.5, 0.6) is 0 Å². The van der Waals surface area contributed by atoms with Gasteiger partial charge in [0.2, 0.25) is 5.95 Å². The summed E-state index contributed by atoms with van der Waals surface area (Å²) in [6.07, 6.45) is 0. The lowest BCUT2D eigenvalue weighted by molar-refractivity contribution is 0.630. The third-order valence-corrected chi connectivity index (χ3v) is 1.37. The molecule has 0 spiro atoms. The molecular weight excluding hydrogens is 164 g/mol. The molecule has 1 rings (SSSR count). The van der Waals surface area contributed by atoms with Crippen molar-refractivity contribution >= 4 is 11.8 Å². The van der Waals surface area contributed by atoms with Crippen LogP contribution >= 0.6 is 0 Å². The van der Waals surface area contributed by atoms with Crippen LogP contribution < -0.4 is 11.1 Å². The molecule has 1 aromatic heterocycles. The van der Waals surface area contributed by atoms with Gasteiger partial charge in [-0.3, -0.25) is 0 Å². The van der Waals surface area contributed by atoms with Crippen LogP contribution in [0.3, 0.4) is 0 Å². The molecule has 0 aromatic carbocycles. The standard InChI is InChI=1S/C9H16N4/c1-6-5-7(12-8(10)11-6)13-9(2,3)4/h5H,1-4H3,(H3,10,11,12,13). The summed E-state index contributed by atoms with van der Waals surface area (Å²) >= 11 is 0. The molecule has 4 nitrogen and oxygen atoms in total. The van der Waals surface area contributed by atoms with E-state index in [1.54, 1.807) is 0 Å². The molecule has 3 N–H and O–H groups in total. The molecule has 0 bridgehead atoms. The minimum atomic E-state index is -0.00671. The van der Waals surface area contributed by atoms with E-state index in [1.807, 2.05) is 13.0 Å². The molecule has 4 heteroatoms. The van der Waals surface area contributed by atoms with Gasteiger partial charge in [-0.15, -0.1) is 0 Å². The minimum Gasteiger partial charge on any atom is -0.368 e. The van der Waals surface area contributed by atoms with Crippen molar-refractivity contribution in [3.05, 3.63) is 11.8 Å². The predicted molar refractivity (Wildman–Crippen MR) is 54.6 cm³/mol. The first-order chi connectivity index (χ1) is 5.87. The number of rotatable bonds is 1. The van der Waals surface area contributed by atoms with Crippen LogP contribution in [0.2, 0.25) is 0 Å². The monoisotopic (exact) mass is 180 g/mol. The molecular formula is C9H16N4. The zero-order valence-electron chi connectivity index (χ0n) is 8.55. The van der Waals surface area contributed by atoms with E-state index in [9.17, 15) is 0 Å². The van der Waals surface area contributed by atoms with Crippen molar-refractivity contribution in [1.29, 1.82) is 0 Å². The fraction of sp³-hybridized carbons (Fsp3) is 0.556. The van der Waals surface area contributed by atoms with Gasteiger partial charge < -0.3 is 11.1 Å². The number of nitrogens with one attached hydrogen (secondary N) is 1. The highest BCUT2D eigenvalue weighted by atomic mass is 15.1. The number of aryl methyl sites for hydroxylation is 1. The molecule has 0 aliphatic rings. The topological polar surface area (TPSA) is 63.8 Å². The quantitative estimate of drug-likeness (QED) is 0.688. The van der Waals surface area contributed by atoms with Crippen LogP contribution in [0.25, 0.3) is 0 Å². The second kappa shape index (κ2) is 3.20. The van der Waals surface area contributed by atoms with Crippen LogP contribution in [0.1, 0.15) is 26.5 Å². The summed E-state index contributed by atoms with van der Waals surface area (Å²) in [6.45, 7) is 8.10. The Balaban J connectivity index is 2.90. The molecule has 0 fully saturated rings. The van der Waals surface area contributed by atoms with Crippen molar-refractivity contribution in [3.8, 4) is 0 Å². The maximum Gasteiger partial charge on any atom is 0.222 e. The highest BCUT2D eigenvalue weighted by Crippen LogP contribution is 2.13. The summed E-state index contributed by atoms with van der Waals surface area (Å²) < 4.78 is 0. The smallest absolute Gasteiger partial charge is 0.222 e. The summed E-state index contributed by atoms with van der Waals surface area (Å²) in [7, 11) is 0. The SMILES string of the molecule is Cc1cc(NC(C)(C)C)nc(N)n1. The van der Waals surface area contributed by atoms with Crippen LogP contribution in [0.15, 0.2) is 6.07 Å². The van der Waals surface area contributed by atoms with E-state index in [1.165, 1.54) is 0 Å². The Kier molecular flexibility index (Phi) is 2.40. The van der Waals surface area contributed by atoms with Gasteiger partial charge in [0, 0.05) is 17.3 Å². The van der Waals surface area contributed by atoms with Crippen molar-refractivity contribution in [2.45, 2.75) is 33.2 Å². The zero-order valence-corrected chi connectivity index (χ0v) is 8.55. The van der Waals surface area contributed by atoms with E-state index in [0.29, 0.717) is 5.95 Å². The summed E-state index contributed by atoms with van der Waals surface area (Å²) in [5, 5.41) is 3.23. The first-order valence-corrected chi connectivity index (χ1v) is 4.26. The summed E-state index contributed by atoms with van der Waals surface area (Å²) in [6, 6.07) is 1.88. The number of anilines is 2. The zero-order chi connectivity index (χ0) is 10.1. The van der Waals surface area contributed by atoms with Crippen molar-refractivity contribution in [2.75, 3.05) is 11.1 Å². The van der Waals surface area contributed by atoms with Gasteiger partial charge in [-0.2, -0.15) is 4.98 Å². The molecule has 0 aliphatic heterocycles. The maximum absolute atomic E-state index is 5.52. The minimum absolute atomic E-state index is 0.00671. The van der Waals surface area contributed by atoms with Gasteiger partial charge >= 0.3 is 0 Å². The molecule has 72 valence electrons. The molecule has 0 unspecified atom stereocenters. The number of hydrogen-bond acceptors (Lipinski definition) is 4. The van der Waals surface area contributed by atoms with Gasteiger partial charge in [0.05, 0.1) is 0 Å². The van der Waals surface area contributed by atoms with Crippen molar-refractivity contribution in [1.82, 2.24) is 9.97 Å². The lowest BCUT2D eigenvalue weighted by atomic mass is 10.1. The van der Waals surface area contributed by atoms with Gasteiger partial charge in [0.1, 0.15) is 5.82 Å². The number of hydrogen-bond donors (Lipinski definition) is 2. The van der Waals surface area contributed by atoms with E-state index in [4.69, 9.17) is 5.73 Å². The van der Waals surface area contributed by atoms with Gasteiger partial charge in [0.25, 0.3) is 0 Å². The third kappa shape index (κ3) is 3.27. The molecule has 0 saturated carbocycles. The molecule has 0 atom stereocenters. The second-order valence-electron chi connectivity index (χ2n) is 4.13. The lowest BCUT2D eigenvalue weighted by Crippen LogP contribution is -2.27. The average molecular weight is 180 g/mol. The van der Waals surface area contributed by atoms with E-state index in [2.05, 4.69) is 36.1 Å². The first-order valence-electron chi connectivity index (χ1n) is 4.26. The number of aromatic nitrogens is 2. The third-order valence-electron chi connectivity index (χ3n) is 1.37. The van der Waals surface area contributed by atoms with Crippen LogP contribution in [0, 0.1) is 6.92 Å². The van der Waals surface area contributed by atoms with Crippen LogP contribution in [0.4, 0.5) is 11.8 Å². The van der Waals surface area contributed by atoms with Crippen molar-refractivity contribution in [2.24, 2.45) is 0 Å². The van der Waals surface area contributed by atoms with Gasteiger partial charge in [0.15, 0.2) is 0 Å². The highest BCUT2D eigenvalue weighted by molar-refractivity contribution is 5.41. The van der Waals surface area contributed by atoms with E-state index >= 15 is 0 Å². The summed E-state index contributed by atoms with van der Waals surface area (Å²) in [5.41, 5.74) is 6.38. The van der Waals surface area contributed by atoms with Crippen LogP contribution in [-0.2, 0) is 0 Å².